The lowest BCUT2D eigenvalue weighted by molar-refractivity contribution is 0.0363. The van der Waals surface area contributed by atoms with E-state index >= 15 is 0 Å². The van der Waals surface area contributed by atoms with Gasteiger partial charge in [-0.05, 0) is 25.1 Å². The first-order chi connectivity index (χ1) is 10.1. The highest BCUT2D eigenvalue weighted by Gasteiger charge is 2.14. The van der Waals surface area contributed by atoms with E-state index in [1.54, 1.807) is 22.8 Å². The fraction of sp³-hybridized carbons (Fsp3) is 0.467. The second-order valence-electron chi connectivity index (χ2n) is 5.21. The zero-order chi connectivity index (χ0) is 14.8. The molecule has 1 fully saturated rings. The number of ether oxygens (including phenoxy) is 1. The molecule has 0 N–H and O–H groups in total. The quantitative estimate of drug-likeness (QED) is 0.790. The third-order valence-corrected chi connectivity index (χ3v) is 3.82. The number of benzene rings is 1. The van der Waals surface area contributed by atoms with Crippen molar-refractivity contribution in [3.63, 3.8) is 0 Å². The number of hydrogen-bond acceptors (Lipinski definition) is 5. The molecule has 1 aromatic carbocycles. The Bertz CT molecular complexity index is 710. The van der Waals surface area contributed by atoms with Gasteiger partial charge in [-0.15, -0.1) is 0 Å². The number of carbonyl (C=O) groups is 1. The summed E-state index contributed by atoms with van der Waals surface area (Å²) in [7, 11) is 0. The molecular formula is C15H18N2O4. The third-order valence-electron chi connectivity index (χ3n) is 3.82. The number of Topliss-reactive ketones (excluding diaryl/α,β-unsaturated/α-hetero) is 1. The Balaban J connectivity index is 1.82. The highest BCUT2D eigenvalue weighted by Crippen LogP contribution is 2.15. The van der Waals surface area contributed by atoms with Crippen LogP contribution in [0.25, 0.3) is 11.1 Å². The average molecular weight is 290 g/mol. The van der Waals surface area contributed by atoms with Crippen LogP contribution in [0, 0.1) is 0 Å². The molecule has 0 amide bonds. The number of nitrogens with zero attached hydrogens (tertiary/aromatic N) is 2. The van der Waals surface area contributed by atoms with Crippen molar-refractivity contribution in [2.75, 3.05) is 32.8 Å². The molecule has 3 rings (SSSR count). The van der Waals surface area contributed by atoms with Gasteiger partial charge in [0.15, 0.2) is 11.4 Å². The van der Waals surface area contributed by atoms with Crippen LogP contribution in [0.5, 0.6) is 0 Å². The van der Waals surface area contributed by atoms with Crippen molar-refractivity contribution < 1.29 is 13.9 Å². The Morgan fingerprint density at radius 2 is 2.00 bits per heavy atom. The van der Waals surface area contributed by atoms with Gasteiger partial charge < -0.3 is 9.15 Å². The van der Waals surface area contributed by atoms with Gasteiger partial charge in [-0.25, -0.2) is 4.79 Å². The number of aromatic nitrogens is 1. The fourth-order valence-corrected chi connectivity index (χ4v) is 2.56. The Hall–Kier alpha value is -1.92. The van der Waals surface area contributed by atoms with Gasteiger partial charge in [-0.1, -0.05) is 0 Å². The minimum absolute atomic E-state index is 0.0411. The van der Waals surface area contributed by atoms with Crippen molar-refractivity contribution in [2.45, 2.75) is 13.5 Å². The Morgan fingerprint density at radius 3 is 2.71 bits per heavy atom. The average Bonchev–Trinajstić information content (AvgIpc) is 2.80. The van der Waals surface area contributed by atoms with Crippen LogP contribution in [0.1, 0.15) is 17.3 Å². The van der Waals surface area contributed by atoms with Crippen LogP contribution in [0.15, 0.2) is 27.4 Å². The molecule has 2 aromatic rings. The highest BCUT2D eigenvalue weighted by atomic mass is 16.5. The summed E-state index contributed by atoms with van der Waals surface area (Å²) in [6.07, 6.45) is 0. The van der Waals surface area contributed by atoms with Crippen LogP contribution in [-0.4, -0.2) is 48.1 Å². The molecule has 6 heteroatoms. The standard InChI is InChI=1S/C15H18N2O4/c1-11(18)12-2-3-13-14(10-12)21-15(19)17(13)5-4-16-6-8-20-9-7-16/h2-3,10H,4-9H2,1H3. The van der Waals surface area contributed by atoms with Crippen LogP contribution in [-0.2, 0) is 11.3 Å². The Kier molecular flexibility index (Phi) is 3.90. The summed E-state index contributed by atoms with van der Waals surface area (Å²) in [6.45, 7) is 6.11. The maximum atomic E-state index is 12.0. The molecule has 0 aliphatic carbocycles. The van der Waals surface area contributed by atoms with Crippen LogP contribution >= 0.6 is 0 Å². The first-order valence-electron chi connectivity index (χ1n) is 7.09. The van der Waals surface area contributed by atoms with Crippen molar-refractivity contribution in [2.24, 2.45) is 0 Å². The van der Waals surface area contributed by atoms with E-state index in [9.17, 15) is 9.59 Å². The molecule has 1 saturated heterocycles. The highest BCUT2D eigenvalue weighted by molar-refractivity contribution is 5.96. The second kappa shape index (κ2) is 5.83. The van der Waals surface area contributed by atoms with E-state index in [4.69, 9.17) is 9.15 Å². The topological polar surface area (TPSA) is 64.7 Å². The monoisotopic (exact) mass is 290 g/mol. The fourth-order valence-electron chi connectivity index (χ4n) is 2.56. The number of oxazole rings is 1. The Labute approximate surface area is 121 Å². The summed E-state index contributed by atoms with van der Waals surface area (Å²) in [5.74, 6) is -0.417. The molecule has 6 nitrogen and oxygen atoms in total. The molecule has 0 unspecified atom stereocenters. The van der Waals surface area contributed by atoms with Crippen LogP contribution in [0.3, 0.4) is 0 Å². The zero-order valence-corrected chi connectivity index (χ0v) is 12.0. The van der Waals surface area contributed by atoms with Gasteiger partial charge in [-0.2, -0.15) is 0 Å². The predicted octanol–water partition coefficient (Wildman–Crippen LogP) is 1.13. The third kappa shape index (κ3) is 2.91. The van der Waals surface area contributed by atoms with Gasteiger partial charge in [0.1, 0.15) is 0 Å². The molecule has 1 aliphatic heterocycles. The molecule has 2 heterocycles. The molecule has 112 valence electrons. The van der Waals surface area contributed by atoms with E-state index in [1.165, 1.54) is 6.92 Å². The Morgan fingerprint density at radius 1 is 1.24 bits per heavy atom. The maximum absolute atomic E-state index is 12.0. The maximum Gasteiger partial charge on any atom is 0.419 e. The molecular weight excluding hydrogens is 272 g/mol. The SMILES string of the molecule is CC(=O)c1ccc2c(c1)oc(=O)n2CCN1CCOCC1. The smallest absolute Gasteiger partial charge is 0.408 e. The first-order valence-corrected chi connectivity index (χ1v) is 7.09. The number of carbonyl (C=O) groups excluding carboxylic acids is 1. The normalized spacial score (nSPS) is 16.4. The largest absolute Gasteiger partial charge is 0.419 e. The summed E-state index contributed by atoms with van der Waals surface area (Å²) in [4.78, 5) is 25.6. The molecule has 0 saturated carbocycles. The number of rotatable bonds is 4. The lowest BCUT2D eigenvalue weighted by Crippen LogP contribution is -2.38. The van der Waals surface area contributed by atoms with E-state index in [0.29, 0.717) is 17.7 Å². The summed E-state index contributed by atoms with van der Waals surface area (Å²) < 4.78 is 12.2. The summed E-state index contributed by atoms with van der Waals surface area (Å²) in [6, 6.07) is 5.13. The summed E-state index contributed by atoms with van der Waals surface area (Å²) in [5, 5.41) is 0. The van der Waals surface area contributed by atoms with Crippen molar-refractivity contribution in [1.29, 1.82) is 0 Å². The second-order valence-corrected chi connectivity index (χ2v) is 5.21. The van der Waals surface area contributed by atoms with Gasteiger partial charge in [-0.3, -0.25) is 14.3 Å². The van der Waals surface area contributed by atoms with Gasteiger partial charge >= 0.3 is 5.76 Å². The van der Waals surface area contributed by atoms with E-state index in [-0.39, 0.29) is 11.5 Å². The zero-order valence-electron chi connectivity index (χ0n) is 12.0. The summed E-state index contributed by atoms with van der Waals surface area (Å²) in [5.41, 5.74) is 1.75. The van der Waals surface area contributed by atoms with Crippen molar-refractivity contribution in [3.8, 4) is 0 Å². The summed E-state index contributed by atoms with van der Waals surface area (Å²) >= 11 is 0. The first kappa shape index (κ1) is 14.0. The lowest BCUT2D eigenvalue weighted by Gasteiger charge is -2.26. The van der Waals surface area contributed by atoms with E-state index in [1.807, 2.05) is 0 Å². The van der Waals surface area contributed by atoms with Gasteiger partial charge in [0.25, 0.3) is 0 Å². The number of fused-ring (bicyclic) bond motifs is 1. The van der Waals surface area contributed by atoms with E-state index in [2.05, 4.69) is 4.90 Å². The lowest BCUT2D eigenvalue weighted by atomic mass is 10.1. The van der Waals surface area contributed by atoms with Crippen molar-refractivity contribution in [1.82, 2.24) is 9.47 Å². The molecule has 21 heavy (non-hydrogen) atoms. The number of hydrogen-bond donors (Lipinski definition) is 0. The van der Waals surface area contributed by atoms with Crippen LogP contribution in [0.2, 0.25) is 0 Å². The van der Waals surface area contributed by atoms with E-state index in [0.717, 1.165) is 38.4 Å². The molecule has 1 aliphatic rings. The van der Waals surface area contributed by atoms with Crippen molar-refractivity contribution in [3.05, 3.63) is 34.3 Å². The molecule has 0 radical (unpaired) electrons. The van der Waals surface area contributed by atoms with Gasteiger partial charge in [0.05, 0.1) is 18.7 Å². The van der Waals surface area contributed by atoms with Gasteiger partial charge in [0.2, 0.25) is 0 Å². The van der Waals surface area contributed by atoms with Crippen LogP contribution in [0.4, 0.5) is 0 Å². The van der Waals surface area contributed by atoms with E-state index < -0.39 is 0 Å². The predicted molar refractivity (Wildman–Crippen MR) is 77.7 cm³/mol. The number of ketones is 1. The molecule has 0 atom stereocenters. The minimum Gasteiger partial charge on any atom is -0.408 e. The van der Waals surface area contributed by atoms with Gasteiger partial charge in [0, 0.05) is 31.7 Å². The minimum atomic E-state index is -0.376. The number of morpholine rings is 1. The molecule has 1 aromatic heterocycles. The van der Waals surface area contributed by atoms with Crippen LogP contribution < -0.4 is 5.76 Å². The van der Waals surface area contributed by atoms with Crippen molar-refractivity contribution >= 4 is 16.9 Å². The molecule has 0 bridgehead atoms. The molecule has 0 spiro atoms.